The molecule has 4 heteroatoms. The normalized spacial score (nSPS) is 11.5. The first-order valence-corrected chi connectivity index (χ1v) is 9.84. The fraction of sp³-hybridized carbons (Fsp3) is 0.192. The molecule has 0 aliphatic rings. The molecule has 0 aliphatic heterocycles. The van der Waals surface area contributed by atoms with Crippen LogP contribution < -0.4 is 10.6 Å². The predicted octanol–water partition coefficient (Wildman–Crippen LogP) is 4.59. The molecule has 0 fully saturated rings. The van der Waals surface area contributed by atoms with Gasteiger partial charge in [0.25, 0.3) is 0 Å². The maximum Gasteiger partial charge on any atom is 0.225 e. The lowest BCUT2D eigenvalue weighted by Crippen LogP contribution is -2.25. The Morgan fingerprint density at radius 2 is 1.77 bits per heavy atom. The van der Waals surface area contributed by atoms with Crippen LogP contribution in [0.2, 0.25) is 0 Å². The highest BCUT2D eigenvalue weighted by molar-refractivity contribution is 5.83. The summed E-state index contributed by atoms with van der Waals surface area (Å²) in [4.78, 5) is 14.2. The van der Waals surface area contributed by atoms with Gasteiger partial charge in [0, 0.05) is 12.2 Å². The highest BCUT2D eigenvalue weighted by atomic mass is 19.1. The van der Waals surface area contributed by atoms with Crippen LogP contribution in [0.5, 0.6) is 0 Å². The van der Waals surface area contributed by atoms with E-state index in [0.29, 0.717) is 19.5 Å². The topological polar surface area (TPSA) is 46.3 Å². The smallest absolute Gasteiger partial charge is 0.225 e. The fourth-order valence-electron chi connectivity index (χ4n) is 3.62. The summed E-state index contributed by atoms with van der Waals surface area (Å²) in [5, 5.41) is 0. The zero-order chi connectivity index (χ0) is 21.5. The van der Waals surface area contributed by atoms with E-state index in [1.807, 2.05) is 60.4 Å². The van der Waals surface area contributed by atoms with Crippen molar-refractivity contribution in [3.05, 3.63) is 101 Å². The third-order valence-corrected chi connectivity index (χ3v) is 5.19. The molecule has 1 unspecified atom stereocenters. The Balaban J connectivity index is 1.86. The van der Waals surface area contributed by atoms with Crippen LogP contribution in [-0.2, 0) is 17.8 Å². The van der Waals surface area contributed by atoms with Crippen LogP contribution in [0.1, 0.15) is 28.2 Å². The Kier molecular flexibility index (Phi) is 6.87. The van der Waals surface area contributed by atoms with Crippen LogP contribution in [0, 0.1) is 25.1 Å². The minimum absolute atomic E-state index is 0.265. The summed E-state index contributed by atoms with van der Waals surface area (Å²) in [5.41, 5.74) is 10.6. The van der Waals surface area contributed by atoms with Crippen LogP contribution >= 0.6 is 0 Å². The van der Waals surface area contributed by atoms with E-state index < -0.39 is 5.92 Å². The highest BCUT2D eigenvalue weighted by Crippen LogP contribution is 2.28. The maximum atomic E-state index is 13.2. The molecule has 3 aromatic rings. The van der Waals surface area contributed by atoms with Crippen molar-refractivity contribution in [2.45, 2.75) is 25.8 Å². The Bertz CT molecular complexity index is 1040. The van der Waals surface area contributed by atoms with Crippen molar-refractivity contribution in [2.24, 2.45) is 5.73 Å². The number of hydrogen-bond donors (Lipinski definition) is 1. The molecule has 0 aliphatic carbocycles. The maximum absolute atomic E-state index is 13.2. The van der Waals surface area contributed by atoms with Crippen molar-refractivity contribution in [3.8, 4) is 12.3 Å². The number of rotatable bonds is 8. The molecule has 0 aromatic heterocycles. The molecule has 0 radical (unpaired) electrons. The molecule has 30 heavy (non-hydrogen) atoms. The second-order valence-electron chi connectivity index (χ2n) is 7.37. The van der Waals surface area contributed by atoms with Crippen LogP contribution in [0.25, 0.3) is 0 Å². The molecule has 0 saturated heterocycles. The van der Waals surface area contributed by atoms with Crippen molar-refractivity contribution in [3.63, 3.8) is 0 Å². The number of anilines is 1. The van der Waals surface area contributed by atoms with Crippen molar-refractivity contribution >= 4 is 11.6 Å². The number of benzene rings is 3. The van der Waals surface area contributed by atoms with Crippen molar-refractivity contribution in [2.75, 3.05) is 11.4 Å². The second-order valence-corrected chi connectivity index (χ2v) is 7.37. The molecule has 3 nitrogen and oxygen atoms in total. The quantitative estimate of drug-likeness (QED) is 0.563. The first-order chi connectivity index (χ1) is 14.5. The molecule has 0 bridgehead atoms. The van der Waals surface area contributed by atoms with E-state index in [1.54, 1.807) is 12.1 Å². The Hall–Kier alpha value is -3.58. The zero-order valence-corrected chi connectivity index (χ0v) is 17.0. The number of carbonyl (C=O) groups is 1. The average Bonchev–Trinajstić information content (AvgIpc) is 2.74. The average molecular weight is 400 g/mol. The molecule has 0 saturated carbocycles. The van der Waals surface area contributed by atoms with Crippen molar-refractivity contribution in [1.82, 2.24) is 0 Å². The molecule has 152 valence electrons. The number of hydrogen-bond acceptors (Lipinski definition) is 2. The van der Waals surface area contributed by atoms with Gasteiger partial charge in [0.05, 0.1) is 12.5 Å². The Labute approximate surface area is 177 Å². The number of halogens is 1. The fourth-order valence-corrected chi connectivity index (χ4v) is 3.62. The van der Waals surface area contributed by atoms with Gasteiger partial charge < -0.3 is 10.6 Å². The molecule has 3 rings (SSSR count). The summed E-state index contributed by atoms with van der Waals surface area (Å²) < 4.78 is 13.2. The Morgan fingerprint density at radius 3 is 2.37 bits per heavy atom. The van der Waals surface area contributed by atoms with E-state index in [0.717, 1.165) is 27.9 Å². The van der Waals surface area contributed by atoms with Gasteiger partial charge in [-0.15, -0.1) is 6.42 Å². The van der Waals surface area contributed by atoms with E-state index in [9.17, 15) is 9.18 Å². The van der Waals surface area contributed by atoms with Gasteiger partial charge in [-0.1, -0.05) is 54.5 Å². The number of carbonyl (C=O) groups excluding carboxylic acids is 1. The van der Waals surface area contributed by atoms with Crippen LogP contribution in [0.15, 0.2) is 72.8 Å². The highest BCUT2D eigenvalue weighted by Gasteiger charge is 2.21. The summed E-state index contributed by atoms with van der Waals surface area (Å²) in [6.45, 7) is 2.96. The van der Waals surface area contributed by atoms with Crippen molar-refractivity contribution < 1.29 is 9.18 Å². The molecular formula is C26H25FN2O. The second kappa shape index (κ2) is 9.76. The van der Waals surface area contributed by atoms with E-state index in [4.69, 9.17) is 12.2 Å². The minimum atomic E-state index is -0.403. The van der Waals surface area contributed by atoms with Gasteiger partial charge in [0.2, 0.25) is 5.91 Å². The molecular weight excluding hydrogens is 375 g/mol. The number of nitrogens with two attached hydrogens (primary N) is 1. The first-order valence-electron chi connectivity index (χ1n) is 9.84. The third kappa shape index (κ3) is 5.27. The molecule has 2 N–H and O–H groups in total. The van der Waals surface area contributed by atoms with E-state index in [2.05, 4.69) is 5.92 Å². The number of nitrogens with zero attached hydrogens (tertiary/aromatic N) is 1. The van der Waals surface area contributed by atoms with E-state index in [-0.39, 0.29) is 11.7 Å². The van der Waals surface area contributed by atoms with Crippen LogP contribution in [-0.4, -0.2) is 12.5 Å². The lowest BCUT2D eigenvalue weighted by Gasteiger charge is -2.25. The number of terminal acetylenes is 1. The number of amides is 1. The summed E-state index contributed by atoms with van der Waals surface area (Å²) in [7, 11) is 0. The van der Waals surface area contributed by atoms with Gasteiger partial charge in [-0.25, -0.2) is 4.39 Å². The SMILES string of the molecule is C#CCN(Cc1ccc(F)cc1)c1ccc(C(Cc2ccccc2)C(N)=O)c(C)c1. The summed E-state index contributed by atoms with van der Waals surface area (Å²) in [6.07, 6.45) is 6.13. The summed E-state index contributed by atoms with van der Waals surface area (Å²) in [6, 6.07) is 22.2. The molecule has 1 atom stereocenters. The Morgan fingerprint density at radius 1 is 1.07 bits per heavy atom. The van der Waals surface area contributed by atoms with Gasteiger partial charge in [0.1, 0.15) is 5.82 Å². The third-order valence-electron chi connectivity index (χ3n) is 5.19. The monoisotopic (exact) mass is 400 g/mol. The standard InChI is InChI=1S/C26H25FN2O/c1-3-15-29(18-21-9-11-22(27)12-10-21)23-13-14-24(19(2)16-23)25(26(28)30)17-20-7-5-4-6-8-20/h1,4-14,16,25H,15,17-18H2,2H3,(H2,28,30). The zero-order valence-electron chi connectivity index (χ0n) is 17.0. The molecule has 1 amide bonds. The minimum Gasteiger partial charge on any atom is -0.369 e. The van der Waals surface area contributed by atoms with Crippen LogP contribution in [0.4, 0.5) is 10.1 Å². The first kappa shape index (κ1) is 21.1. The molecule has 0 heterocycles. The molecule has 3 aromatic carbocycles. The van der Waals surface area contributed by atoms with Gasteiger partial charge in [-0.2, -0.15) is 0 Å². The van der Waals surface area contributed by atoms with Crippen molar-refractivity contribution in [1.29, 1.82) is 0 Å². The van der Waals surface area contributed by atoms with Crippen LogP contribution in [0.3, 0.4) is 0 Å². The molecule has 0 spiro atoms. The van der Waals surface area contributed by atoms with E-state index in [1.165, 1.54) is 12.1 Å². The lowest BCUT2D eigenvalue weighted by atomic mass is 9.88. The van der Waals surface area contributed by atoms with Gasteiger partial charge in [0.15, 0.2) is 0 Å². The lowest BCUT2D eigenvalue weighted by molar-refractivity contribution is -0.119. The van der Waals surface area contributed by atoms with E-state index >= 15 is 0 Å². The van der Waals surface area contributed by atoms with Gasteiger partial charge in [-0.05, 0) is 59.9 Å². The number of primary amides is 1. The number of aryl methyl sites for hydroxylation is 1. The summed E-state index contributed by atoms with van der Waals surface area (Å²) in [5.74, 6) is 1.67. The van der Waals surface area contributed by atoms with Gasteiger partial charge in [-0.3, -0.25) is 4.79 Å². The largest absolute Gasteiger partial charge is 0.369 e. The summed E-state index contributed by atoms with van der Waals surface area (Å²) >= 11 is 0. The van der Waals surface area contributed by atoms with Gasteiger partial charge >= 0.3 is 0 Å². The predicted molar refractivity (Wildman–Crippen MR) is 120 cm³/mol.